The van der Waals surface area contributed by atoms with Crippen LogP contribution in [0.3, 0.4) is 0 Å². The van der Waals surface area contributed by atoms with Gasteiger partial charge in [0.15, 0.2) is 0 Å². The third-order valence-corrected chi connectivity index (χ3v) is 3.24. The molecular weight excluding hydrogens is 260 g/mol. The first-order chi connectivity index (χ1) is 9.60. The molecule has 0 bridgehead atoms. The Morgan fingerprint density at radius 1 is 1.45 bits per heavy atom. The summed E-state index contributed by atoms with van der Waals surface area (Å²) in [4.78, 5) is 24.6. The predicted molar refractivity (Wildman–Crippen MR) is 72.5 cm³/mol. The Labute approximate surface area is 117 Å². The van der Waals surface area contributed by atoms with Crippen LogP contribution in [-0.4, -0.2) is 35.1 Å². The van der Waals surface area contributed by atoms with Crippen LogP contribution in [0.4, 0.5) is 4.79 Å². The lowest BCUT2D eigenvalue weighted by Gasteiger charge is -2.22. The number of furan rings is 1. The molecule has 1 aliphatic carbocycles. The van der Waals surface area contributed by atoms with E-state index < -0.39 is 5.97 Å². The highest BCUT2D eigenvalue weighted by Crippen LogP contribution is 2.29. The van der Waals surface area contributed by atoms with Crippen molar-refractivity contribution in [2.24, 2.45) is 5.92 Å². The first-order valence-electron chi connectivity index (χ1n) is 6.95. The van der Waals surface area contributed by atoms with Crippen LogP contribution in [0.1, 0.15) is 42.5 Å². The highest BCUT2D eigenvalue weighted by Gasteiger charge is 2.26. The first-order valence-corrected chi connectivity index (χ1v) is 6.95. The van der Waals surface area contributed by atoms with Crippen LogP contribution in [0.15, 0.2) is 16.5 Å². The maximum atomic E-state index is 12.1. The second-order valence-electron chi connectivity index (χ2n) is 5.12. The molecule has 1 fully saturated rings. The van der Waals surface area contributed by atoms with E-state index >= 15 is 0 Å². The number of nitrogens with zero attached hydrogens (tertiary/aromatic N) is 1. The molecule has 1 aliphatic rings. The Balaban J connectivity index is 1.83. The molecule has 0 atom stereocenters. The zero-order valence-electron chi connectivity index (χ0n) is 11.6. The Hall–Kier alpha value is -1.98. The monoisotopic (exact) mass is 280 g/mol. The molecule has 20 heavy (non-hydrogen) atoms. The number of carboxylic acid groups (broad SMARTS) is 1. The average Bonchev–Trinajstić information content (AvgIpc) is 3.10. The lowest BCUT2D eigenvalue weighted by molar-refractivity contribution is 0.0660. The summed E-state index contributed by atoms with van der Waals surface area (Å²) in [6, 6.07) is 2.83. The van der Waals surface area contributed by atoms with Gasteiger partial charge in [0.05, 0.1) is 6.54 Å². The minimum atomic E-state index is -1.11. The number of carboxylic acids is 1. The number of hydrogen-bond acceptors (Lipinski definition) is 3. The van der Waals surface area contributed by atoms with Gasteiger partial charge in [-0.25, -0.2) is 9.59 Å². The zero-order chi connectivity index (χ0) is 14.5. The van der Waals surface area contributed by atoms with Crippen LogP contribution in [0.25, 0.3) is 0 Å². The number of rotatable bonds is 7. The second kappa shape index (κ2) is 6.45. The van der Waals surface area contributed by atoms with Gasteiger partial charge in [-0.2, -0.15) is 0 Å². The van der Waals surface area contributed by atoms with Crippen molar-refractivity contribution < 1.29 is 19.1 Å². The number of hydrogen-bond donors (Lipinski definition) is 2. The van der Waals surface area contributed by atoms with Crippen molar-refractivity contribution in [1.29, 1.82) is 0 Å². The van der Waals surface area contributed by atoms with Gasteiger partial charge in [0.2, 0.25) is 5.76 Å². The van der Waals surface area contributed by atoms with Gasteiger partial charge in [0.25, 0.3) is 0 Å². The summed E-state index contributed by atoms with van der Waals surface area (Å²) in [7, 11) is 0. The van der Waals surface area contributed by atoms with Crippen LogP contribution in [0.5, 0.6) is 0 Å². The number of aromatic carboxylic acids is 1. The smallest absolute Gasteiger partial charge is 0.371 e. The van der Waals surface area contributed by atoms with E-state index in [0.29, 0.717) is 11.7 Å². The molecule has 0 aromatic carbocycles. The van der Waals surface area contributed by atoms with Gasteiger partial charge >= 0.3 is 12.0 Å². The largest absolute Gasteiger partial charge is 0.475 e. The van der Waals surface area contributed by atoms with Crippen molar-refractivity contribution in [2.75, 3.05) is 13.1 Å². The van der Waals surface area contributed by atoms with Crippen LogP contribution in [0, 0.1) is 5.92 Å². The molecule has 6 heteroatoms. The number of urea groups is 1. The molecule has 2 N–H and O–H groups in total. The van der Waals surface area contributed by atoms with Crippen LogP contribution >= 0.6 is 0 Å². The van der Waals surface area contributed by atoms with Gasteiger partial charge in [-0.15, -0.1) is 0 Å². The number of nitrogens with one attached hydrogen (secondary N) is 1. The maximum absolute atomic E-state index is 12.1. The summed E-state index contributed by atoms with van der Waals surface area (Å²) >= 11 is 0. The lowest BCUT2D eigenvalue weighted by atomic mass is 10.3. The highest BCUT2D eigenvalue weighted by atomic mass is 16.4. The van der Waals surface area contributed by atoms with Crippen LogP contribution in [0.2, 0.25) is 0 Å². The Morgan fingerprint density at radius 2 is 2.20 bits per heavy atom. The van der Waals surface area contributed by atoms with Crippen molar-refractivity contribution in [3.05, 3.63) is 23.7 Å². The molecule has 110 valence electrons. The highest BCUT2D eigenvalue weighted by molar-refractivity contribution is 5.84. The van der Waals surface area contributed by atoms with Crippen LogP contribution < -0.4 is 5.32 Å². The van der Waals surface area contributed by atoms with Crippen molar-refractivity contribution in [2.45, 2.75) is 32.7 Å². The molecule has 0 unspecified atom stereocenters. The van der Waals surface area contributed by atoms with Gasteiger partial charge in [-0.1, -0.05) is 6.92 Å². The minimum absolute atomic E-state index is 0.113. The van der Waals surface area contributed by atoms with Gasteiger partial charge < -0.3 is 19.7 Å². The molecule has 1 saturated carbocycles. The number of amides is 2. The molecule has 2 amide bonds. The predicted octanol–water partition coefficient (Wildman–Crippen LogP) is 2.31. The molecule has 0 spiro atoms. The minimum Gasteiger partial charge on any atom is -0.475 e. The number of carbonyl (C=O) groups is 2. The van der Waals surface area contributed by atoms with E-state index in [4.69, 9.17) is 9.52 Å². The molecule has 1 aromatic rings. The first kappa shape index (κ1) is 14.4. The van der Waals surface area contributed by atoms with E-state index in [2.05, 4.69) is 5.32 Å². The fraction of sp³-hybridized carbons (Fsp3) is 0.571. The number of carbonyl (C=O) groups excluding carboxylic acids is 1. The average molecular weight is 280 g/mol. The van der Waals surface area contributed by atoms with Gasteiger partial charge in [0.1, 0.15) is 5.76 Å². The third kappa shape index (κ3) is 4.01. The van der Waals surface area contributed by atoms with E-state index in [9.17, 15) is 9.59 Å². The summed E-state index contributed by atoms with van der Waals surface area (Å²) in [5.74, 6) is -0.130. The van der Waals surface area contributed by atoms with Gasteiger partial charge in [0, 0.05) is 13.1 Å². The second-order valence-corrected chi connectivity index (χ2v) is 5.12. The van der Waals surface area contributed by atoms with E-state index in [-0.39, 0.29) is 18.3 Å². The summed E-state index contributed by atoms with van der Waals surface area (Å²) in [5, 5.41) is 11.5. The summed E-state index contributed by atoms with van der Waals surface area (Å²) < 4.78 is 5.10. The normalized spacial score (nSPS) is 14.1. The Kier molecular flexibility index (Phi) is 4.65. The maximum Gasteiger partial charge on any atom is 0.371 e. The van der Waals surface area contributed by atoms with E-state index in [1.165, 1.54) is 18.9 Å². The van der Waals surface area contributed by atoms with Crippen LogP contribution in [-0.2, 0) is 6.54 Å². The lowest BCUT2D eigenvalue weighted by Crippen LogP contribution is -2.41. The summed E-state index contributed by atoms with van der Waals surface area (Å²) in [6.45, 7) is 3.79. The fourth-order valence-corrected chi connectivity index (χ4v) is 2.02. The molecule has 1 aromatic heterocycles. The van der Waals surface area contributed by atoms with Crippen molar-refractivity contribution in [1.82, 2.24) is 10.2 Å². The Bertz CT molecular complexity index is 479. The zero-order valence-corrected chi connectivity index (χ0v) is 11.6. The standard InChI is InChI=1S/C14H20N2O4/c1-2-7-16(9-10-3-4-10)14(19)15-8-11-5-6-12(20-11)13(17)18/h5-6,10H,2-4,7-9H2,1H3,(H,15,19)(H,17,18). The van der Waals surface area contributed by atoms with E-state index in [1.807, 2.05) is 11.8 Å². The fourth-order valence-electron chi connectivity index (χ4n) is 2.02. The third-order valence-electron chi connectivity index (χ3n) is 3.24. The van der Waals surface area contributed by atoms with Gasteiger partial charge in [-0.05, 0) is 37.3 Å². The molecule has 1 heterocycles. The molecule has 0 saturated heterocycles. The summed E-state index contributed by atoms with van der Waals surface area (Å²) in [6.07, 6.45) is 3.32. The van der Waals surface area contributed by atoms with Crippen molar-refractivity contribution >= 4 is 12.0 Å². The van der Waals surface area contributed by atoms with E-state index in [0.717, 1.165) is 19.5 Å². The van der Waals surface area contributed by atoms with Crippen molar-refractivity contribution in [3.8, 4) is 0 Å². The topological polar surface area (TPSA) is 82.8 Å². The molecule has 0 radical (unpaired) electrons. The quantitative estimate of drug-likeness (QED) is 0.803. The van der Waals surface area contributed by atoms with Crippen molar-refractivity contribution in [3.63, 3.8) is 0 Å². The summed E-state index contributed by atoms with van der Waals surface area (Å²) in [5.41, 5.74) is 0. The molecule has 6 nitrogen and oxygen atoms in total. The Morgan fingerprint density at radius 3 is 2.75 bits per heavy atom. The molecule has 0 aliphatic heterocycles. The SMILES string of the molecule is CCCN(CC1CC1)C(=O)NCc1ccc(C(=O)O)o1. The molecular formula is C14H20N2O4. The van der Waals surface area contributed by atoms with E-state index in [1.54, 1.807) is 6.07 Å². The van der Waals surface area contributed by atoms with Gasteiger partial charge in [-0.3, -0.25) is 0 Å². The molecule has 2 rings (SSSR count).